The van der Waals surface area contributed by atoms with E-state index in [1.807, 2.05) is 13.8 Å². The van der Waals surface area contributed by atoms with Crippen LogP contribution in [0.4, 0.5) is 0 Å². The molecule has 3 N–H and O–H groups in total. The maximum atomic E-state index is 12.1. The summed E-state index contributed by atoms with van der Waals surface area (Å²) in [5.41, 5.74) is 1.16. The zero-order valence-electron chi connectivity index (χ0n) is 11.4. The van der Waals surface area contributed by atoms with Crippen LogP contribution in [0.1, 0.15) is 30.6 Å². The summed E-state index contributed by atoms with van der Waals surface area (Å²) in [4.78, 5) is 23.2. The molecule has 1 heterocycles. The fourth-order valence-electron chi connectivity index (χ4n) is 2.01. The number of fused-ring (bicyclic) bond motifs is 1. The average molecular weight is 275 g/mol. The molecule has 6 heteroatoms. The highest BCUT2D eigenvalue weighted by molar-refractivity contribution is 5.99. The second-order valence-corrected chi connectivity index (χ2v) is 5.17. The molecule has 0 aliphatic heterocycles. The quantitative estimate of drug-likeness (QED) is 0.775. The lowest BCUT2D eigenvalue weighted by atomic mass is 10.0. The van der Waals surface area contributed by atoms with Crippen LogP contribution in [0.5, 0.6) is 0 Å². The molecule has 20 heavy (non-hydrogen) atoms. The Kier molecular flexibility index (Phi) is 4.02. The molecular formula is C14H17N3O3. The monoisotopic (exact) mass is 275 g/mol. The van der Waals surface area contributed by atoms with Crippen LogP contribution in [0.3, 0.4) is 0 Å². The number of H-pyrrole nitrogens is 1. The van der Waals surface area contributed by atoms with Crippen molar-refractivity contribution in [2.24, 2.45) is 5.92 Å². The van der Waals surface area contributed by atoms with Crippen LogP contribution >= 0.6 is 0 Å². The lowest BCUT2D eigenvalue weighted by molar-refractivity contribution is -0.139. The highest BCUT2D eigenvalue weighted by atomic mass is 16.4. The Morgan fingerprint density at radius 2 is 2.15 bits per heavy atom. The Labute approximate surface area is 116 Å². The van der Waals surface area contributed by atoms with Crippen LogP contribution in [0.15, 0.2) is 24.4 Å². The SMILES string of the molecule is CC(C)C[C@@H](NC(=O)c1ccc2cn[nH]c2c1)C(=O)O. The Morgan fingerprint density at radius 3 is 2.80 bits per heavy atom. The molecule has 0 saturated carbocycles. The van der Waals surface area contributed by atoms with Gasteiger partial charge in [-0.3, -0.25) is 9.89 Å². The number of aliphatic carboxylic acids is 1. The molecule has 106 valence electrons. The number of rotatable bonds is 5. The number of nitrogens with one attached hydrogen (secondary N) is 2. The van der Waals surface area contributed by atoms with E-state index in [2.05, 4.69) is 15.5 Å². The van der Waals surface area contributed by atoms with E-state index in [-0.39, 0.29) is 5.92 Å². The van der Waals surface area contributed by atoms with Gasteiger partial charge in [0.1, 0.15) is 6.04 Å². The van der Waals surface area contributed by atoms with Crippen LogP contribution in [0.2, 0.25) is 0 Å². The van der Waals surface area contributed by atoms with Crippen molar-refractivity contribution >= 4 is 22.8 Å². The number of carbonyl (C=O) groups is 2. The van der Waals surface area contributed by atoms with Crippen LogP contribution in [0.25, 0.3) is 10.9 Å². The summed E-state index contributed by atoms with van der Waals surface area (Å²) in [7, 11) is 0. The Balaban J connectivity index is 2.15. The van der Waals surface area contributed by atoms with Crippen molar-refractivity contribution in [3.05, 3.63) is 30.0 Å². The molecule has 0 fully saturated rings. The second kappa shape index (κ2) is 5.73. The standard InChI is InChI=1S/C14H17N3O3/c1-8(2)5-12(14(19)20)16-13(18)9-3-4-10-7-15-17-11(10)6-9/h3-4,6-8,12H,5H2,1-2H3,(H,15,17)(H,16,18)(H,19,20)/t12-/m1/s1. The van der Waals surface area contributed by atoms with Gasteiger partial charge in [0.05, 0.1) is 11.7 Å². The first-order chi connectivity index (χ1) is 9.47. The van der Waals surface area contributed by atoms with Crippen molar-refractivity contribution in [1.29, 1.82) is 0 Å². The third-order valence-electron chi connectivity index (χ3n) is 3.01. The van der Waals surface area contributed by atoms with Crippen molar-refractivity contribution in [3.63, 3.8) is 0 Å². The van der Waals surface area contributed by atoms with Gasteiger partial charge >= 0.3 is 5.97 Å². The van der Waals surface area contributed by atoms with Crippen molar-refractivity contribution < 1.29 is 14.7 Å². The lowest BCUT2D eigenvalue weighted by Gasteiger charge is -2.16. The number of nitrogens with zero attached hydrogens (tertiary/aromatic N) is 1. The normalized spacial score (nSPS) is 12.6. The van der Waals surface area contributed by atoms with E-state index in [9.17, 15) is 9.59 Å². The van der Waals surface area contributed by atoms with Crippen molar-refractivity contribution in [1.82, 2.24) is 15.5 Å². The van der Waals surface area contributed by atoms with E-state index < -0.39 is 17.9 Å². The summed E-state index contributed by atoms with van der Waals surface area (Å²) < 4.78 is 0. The number of aromatic amines is 1. The van der Waals surface area contributed by atoms with Crippen molar-refractivity contribution in [2.45, 2.75) is 26.3 Å². The second-order valence-electron chi connectivity index (χ2n) is 5.17. The van der Waals surface area contributed by atoms with Gasteiger partial charge in [-0.15, -0.1) is 0 Å². The van der Waals surface area contributed by atoms with E-state index in [1.54, 1.807) is 24.4 Å². The number of hydrogen-bond donors (Lipinski definition) is 3. The van der Waals surface area contributed by atoms with E-state index in [0.717, 1.165) is 10.9 Å². The topological polar surface area (TPSA) is 95.1 Å². The van der Waals surface area contributed by atoms with Gasteiger partial charge < -0.3 is 10.4 Å². The van der Waals surface area contributed by atoms with E-state index in [0.29, 0.717) is 12.0 Å². The smallest absolute Gasteiger partial charge is 0.326 e. The molecule has 1 atom stereocenters. The predicted molar refractivity (Wildman–Crippen MR) is 74.4 cm³/mol. The summed E-state index contributed by atoms with van der Waals surface area (Å²) >= 11 is 0. The molecule has 0 spiro atoms. The minimum Gasteiger partial charge on any atom is -0.480 e. The van der Waals surface area contributed by atoms with Crippen molar-refractivity contribution in [3.8, 4) is 0 Å². The average Bonchev–Trinajstić information content (AvgIpc) is 2.84. The maximum Gasteiger partial charge on any atom is 0.326 e. The van der Waals surface area contributed by atoms with Crippen LogP contribution in [-0.2, 0) is 4.79 Å². The molecule has 0 aliphatic rings. The molecule has 0 bridgehead atoms. The number of benzene rings is 1. The van der Waals surface area contributed by atoms with Gasteiger partial charge in [-0.2, -0.15) is 5.10 Å². The maximum absolute atomic E-state index is 12.1. The number of aromatic nitrogens is 2. The van der Waals surface area contributed by atoms with E-state index in [1.165, 1.54) is 0 Å². The molecule has 2 rings (SSSR count). The number of hydrogen-bond acceptors (Lipinski definition) is 3. The molecule has 6 nitrogen and oxygen atoms in total. The molecule has 0 aliphatic carbocycles. The molecule has 0 unspecified atom stereocenters. The first-order valence-corrected chi connectivity index (χ1v) is 6.44. The van der Waals surface area contributed by atoms with Gasteiger partial charge in [0.15, 0.2) is 0 Å². The van der Waals surface area contributed by atoms with Gasteiger partial charge in [-0.25, -0.2) is 4.79 Å². The van der Waals surface area contributed by atoms with Crippen LogP contribution in [-0.4, -0.2) is 33.2 Å². The van der Waals surface area contributed by atoms with Crippen LogP contribution < -0.4 is 5.32 Å². The summed E-state index contributed by atoms with van der Waals surface area (Å²) in [5, 5.41) is 19.2. The number of carboxylic acid groups (broad SMARTS) is 1. The molecule has 0 saturated heterocycles. The predicted octanol–water partition coefficient (Wildman–Crippen LogP) is 1.79. The molecule has 0 radical (unpaired) electrons. The number of carboxylic acids is 1. The molecule has 1 aromatic carbocycles. The summed E-state index contributed by atoms with van der Waals surface area (Å²) in [6.45, 7) is 3.83. The van der Waals surface area contributed by atoms with Gasteiger partial charge in [-0.05, 0) is 24.5 Å². The third-order valence-corrected chi connectivity index (χ3v) is 3.01. The minimum atomic E-state index is -1.02. The zero-order valence-corrected chi connectivity index (χ0v) is 11.4. The molecule has 1 aromatic heterocycles. The minimum absolute atomic E-state index is 0.187. The molecule has 1 amide bonds. The Hall–Kier alpha value is -2.37. The summed E-state index contributed by atoms with van der Waals surface area (Å²) in [5.74, 6) is -1.23. The lowest BCUT2D eigenvalue weighted by Crippen LogP contribution is -2.41. The summed E-state index contributed by atoms with van der Waals surface area (Å²) in [6, 6.07) is 4.21. The fraction of sp³-hybridized carbons (Fsp3) is 0.357. The first kappa shape index (κ1) is 14.0. The molecular weight excluding hydrogens is 258 g/mol. The zero-order chi connectivity index (χ0) is 14.7. The van der Waals surface area contributed by atoms with Gasteiger partial charge in [0.25, 0.3) is 5.91 Å². The number of amides is 1. The number of carbonyl (C=O) groups excluding carboxylic acids is 1. The van der Waals surface area contributed by atoms with E-state index in [4.69, 9.17) is 5.11 Å². The van der Waals surface area contributed by atoms with Gasteiger partial charge in [0, 0.05) is 10.9 Å². The highest BCUT2D eigenvalue weighted by Crippen LogP contribution is 2.13. The summed E-state index contributed by atoms with van der Waals surface area (Å²) in [6.07, 6.45) is 2.06. The van der Waals surface area contributed by atoms with Gasteiger partial charge in [-0.1, -0.05) is 19.9 Å². The largest absolute Gasteiger partial charge is 0.480 e. The third kappa shape index (κ3) is 3.14. The van der Waals surface area contributed by atoms with E-state index >= 15 is 0 Å². The first-order valence-electron chi connectivity index (χ1n) is 6.44. The van der Waals surface area contributed by atoms with Gasteiger partial charge in [0.2, 0.25) is 0 Å². The Morgan fingerprint density at radius 1 is 1.40 bits per heavy atom. The highest BCUT2D eigenvalue weighted by Gasteiger charge is 2.21. The van der Waals surface area contributed by atoms with Crippen molar-refractivity contribution in [2.75, 3.05) is 0 Å². The fourth-order valence-corrected chi connectivity index (χ4v) is 2.01. The molecule has 2 aromatic rings. The van der Waals surface area contributed by atoms with Crippen LogP contribution in [0, 0.1) is 5.92 Å². The Bertz CT molecular complexity index is 633.